The van der Waals surface area contributed by atoms with Gasteiger partial charge in [-0.1, -0.05) is 35.9 Å². The molecule has 1 aliphatic heterocycles. The molecule has 0 spiro atoms. The van der Waals surface area contributed by atoms with Gasteiger partial charge in [0, 0.05) is 10.9 Å². The van der Waals surface area contributed by atoms with Crippen LogP contribution in [0, 0.1) is 17.6 Å². The molecule has 1 heterocycles. The minimum Gasteiger partial charge on any atom is -0.507 e. The van der Waals surface area contributed by atoms with Gasteiger partial charge in [0.2, 0.25) is 0 Å². The van der Waals surface area contributed by atoms with Crippen LogP contribution in [0.2, 0.25) is 5.02 Å². The van der Waals surface area contributed by atoms with Gasteiger partial charge in [-0.2, -0.15) is 5.10 Å². The Morgan fingerprint density at radius 3 is 2.45 bits per heavy atom. The monoisotopic (exact) mass is 536 g/mol. The largest absolute Gasteiger partial charge is 0.507 e. The van der Waals surface area contributed by atoms with E-state index in [-0.39, 0.29) is 28.1 Å². The number of aromatic hydroxyl groups is 1. The number of esters is 1. The quantitative estimate of drug-likeness (QED) is 0.388. The van der Waals surface area contributed by atoms with Crippen molar-refractivity contribution >= 4 is 35.3 Å². The number of hydrogen-bond donors (Lipinski definition) is 1. The number of fused-ring (bicyclic) bond motifs is 1. The lowest BCUT2D eigenvalue weighted by molar-refractivity contribution is -0.137. The van der Waals surface area contributed by atoms with Gasteiger partial charge in [-0.05, 0) is 84.5 Å². The first-order valence-electron chi connectivity index (χ1n) is 12.1. The maximum absolute atomic E-state index is 13.7. The second-order valence-corrected chi connectivity index (χ2v) is 9.61. The smallest absolute Gasteiger partial charge is 0.342 e. The van der Waals surface area contributed by atoms with Gasteiger partial charge in [0.1, 0.15) is 22.9 Å². The molecule has 2 atom stereocenters. The molecule has 9 heteroatoms. The summed E-state index contributed by atoms with van der Waals surface area (Å²) in [5.41, 5.74) is 3.00. The predicted octanol–water partition coefficient (Wildman–Crippen LogP) is 6.30. The predicted molar refractivity (Wildman–Crippen MR) is 139 cm³/mol. The van der Waals surface area contributed by atoms with Crippen LogP contribution in [0.3, 0.4) is 0 Å². The van der Waals surface area contributed by atoms with Gasteiger partial charge in [0.05, 0.1) is 11.8 Å². The lowest BCUT2D eigenvalue weighted by Gasteiger charge is -2.29. The van der Waals surface area contributed by atoms with Crippen molar-refractivity contribution in [1.29, 1.82) is 0 Å². The SMILES string of the molecule is O=C(OCC(=O)N1N=C2/C(=C\c3ccc(F)cc3)CCC[C@@H]2[C@@H]1c1ccc(F)cc1)c1cc(Cl)ccc1O. The highest BCUT2D eigenvalue weighted by Crippen LogP contribution is 2.44. The fourth-order valence-corrected chi connectivity index (χ4v) is 5.08. The van der Waals surface area contributed by atoms with E-state index >= 15 is 0 Å². The van der Waals surface area contributed by atoms with Gasteiger partial charge in [-0.3, -0.25) is 4.79 Å². The molecule has 1 fully saturated rings. The van der Waals surface area contributed by atoms with Crippen molar-refractivity contribution in [3.8, 4) is 5.75 Å². The number of phenolic OH excluding ortho intramolecular Hbond substituents is 1. The van der Waals surface area contributed by atoms with E-state index in [4.69, 9.17) is 16.3 Å². The number of amides is 1. The molecule has 1 amide bonds. The van der Waals surface area contributed by atoms with Crippen molar-refractivity contribution in [2.45, 2.75) is 25.3 Å². The Morgan fingerprint density at radius 1 is 1.05 bits per heavy atom. The highest BCUT2D eigenvalue weighted by molar-refractivity contribution is 6.31. The van der Waals surface area contributed by atoms with Crippen molar-refractivity contribution in [3.63, 3.8) is 0 Å². The summed E-state index contributed by atoms with van der Waals surface area (Å²) in [5.74, 6) is -2.69. The molecular formula is C29H23ClF2N2O4. The maximum Gasteiger partial charge on any atom is 0.342 e. The first-order valence-corrected chi connectivity index (χ1v) is 12.5. The maximum atomic E-state index is 13.7. The molecule has 0 unspecified atom stereocenters. The van der Waals surface area contributed by atoms with E-state index < -0.39 is 30.3 Å². The van der Waals surface area contributed by atoms with Crippen molar-refractivity contribution in [2.24, 2.45) is 11.0 Å². The zero-order valence-corrected chi connectivity index (χ0v) is 20.9. The summed E-state index contributed by atoms with van der Waals surface area (Å²) in [4.78, 5) is 25.9. The Balaban J connectivity index is 1.44. The molecule has 0 saturated heterocycles. The molecule has 1 saturated carbocycles. The minimum absolute atomic E-state index is 0.155. The van der Waals surface area contributed by atoms with Crippen LogP contribution in [-0.2, 0) is 9.53 Å². The van der Waals surface area contributed by atoms with E-state index in [0.717, 1.165) is 36.1 Å². The van der Waals surface area contributed by atoms with Gasteiger partial charge in [-0.25, -0.2) is 18.6 Å². The van der Waals surface area contributed by atoms with Crippen LogP contribution in [0.4, 0.5) is 8.78 Å². The number of hydrogen-bond acceptors (Lipinski definition) is 5. The Bertz CT molecular complexity index is 1440. The summed E-state index contributed by atoms with van der Waals surface area (Å²) in [6.45, 7) is -0.622. The van der Waals surface area contributed by atoms with Gasteiger partial charge >= 0.3 is 5.97 Å². The van der Waals surface area contributed by atoms with Crippen LogP contribution < -0.4 is 0 Å². The van der Waals surface area contributed by atoms with E-state index in [2.05, 4.69) is 5.10 Å². The van der Waals surface area contributed by atoms with E-state index in [1.165, 1.54) is 47.5 Å². The van der Waals surface area contributed by atoms with Crippen LogP contribution in [0.5, 0.6) is 5.75 Å². The van der Waals surface area contributed by atoms with Crippen molar-refractivity contribution < 1.29 is 28.2 Å². The molecule has 3 aromatic rings. The summed E-state index contributed by atoms with van der Waals surface area (Å²) >= 11 is 5.91. The second-order valence-electron chi connectivity index (χ2n) is 9.18. The third kappa shape index (κ3) is 5.31. The number of ether oxygens (including phenoxy) is 1. The van der Waals surface area contributed by atoms with Crippen LogP contribution in [0.25, 0.3) is 6.08 Å². The Morgan fingerprint density at radius 2 is 1.74 bits per heavy atom. The molecule has 3 aromatic carbocycles. The molecule has 0 aromatic heterocycles. The number of nitrogens with zero attached hydrogens (tertiary/aromatic N) is 2. The summed E-state index contributed by atoms with van der Waals surface area (Å²) in [5, 5.41) is 16.2. The van der Waals surface area contributed by atoms with Crippen molar-refractivity contribution in [1.82, 2.24) is 5.01 Å². The molecule has 1 aliphatic carbocycles. The number of carbonyl (C=O) groups is 2. The number of hydrazone groups is 1. The molecule has 38 heavy (non-hydrogen) atoms. The first kappa shape index (κ1) is 25.6. The number of carbonyl (C=O) groups excluding carboxylic acids is 2. The molecule has 1 N–H and O–H groups in total. The van der Waals surface area contributed by atoms with Crippen molar-refractivity contribution in [2.75, 3.05) is 6.61 Å². The fraction of sp³-hybridized carbons (Fsp3) is 0.207. The Kier molecular flexibility index (Phi) is 7.24. The topological polar surface area (TPSA) is 79.2 Å². The molecular weight excluding hydrogens is 514 g/mol. The van der Waals surface area contributed by atoms with E-state index in [9.17, 15) is 23.5 Å². The van der Waals surface area contributed by atoms with Gasteiger partial charge in [0.15, 0.2) is 6.61 Å². The van der Waals surface area contributed by atoms with Gasteiger partial charge in [0.25, 0.3) is 5.91 Å². The normalized spacial score (nSPS) is 19.7. The Labute approximate surface area is 222 Å². The molecule has 6 nitrogen and oxygen atoms in total. The zero-order valence-electron chi connectivity index (χ0n) is 20.1. The number of phenols is 1. The molecule has 0 bridgehead atoms. The van der Waals surface area contributed by atoms with Gasteiger partial charge < -0.3 is 9.84 Å². The van der Waals surface area contributed by atoms with E-state index in [0.29, 0.717) is 5.56 Å². The zero-order chi connectivity index (χ0) is 26.8. The summed E-state index contributed by atoms with van der Waals surface area (Å²) in [6, 6.07) is 15.4. The molecule has 2 aliphatic rings. The van der Waals surface area contributed by atoms with Crippen molar-refractivity contribution in [3.05, 3.63) is 106 Å². The van der Waals surface area contributed by atoms with Crippen LogP contribution >= 0.6 is 11.6 Å². The molecule has 0 radical (unpaired) electrons. The van der Waals surface area contributed by atoms with Gasteiger partial charge in [-0.15, -0.1) is 0 Å². The summed E-state index contributed by atoms with van der Waals surface area (Å²) in [6.07, 6.45) is 4.26. The lowest BCUT2D eigenvalue weighted by atomic mass is 9.77. The van der Waals surface area contributed by atoms with Crippen LogP contribution in [0.15, 0.2) is 77.4 Å². The minimum atomic E-state index is -0.905. The number of allylic oxidation sites excluding steroid dienone is 1. The summed E-state index contributed by atoms with van der Waals surface area (Å²) in [7, 11) is 0. The van der Waals surface area contributed by atoms with Crippen LogP contribution in [-0.4, -0.2) is 34.3 Å². The third-order valence-corrected chi connectivity index (χ3v) is 6.92. The number of rotatable bonds is 5. The highest BCUT2D eigenvalue weighted by Gasteiger charge is 2.44. The number of benzene rings is 3. The Hall–Kier alpha value is -4.04. The average Bonchev–Trinajstić information content (AvgIpc) is 3.31. The second kappa shape index (κ2) is 10.8. The average molecular weight is 537 g/mol. The third-order valence-electron chi connectivity index (χ3n) is 6.68. The summed E-state index contributed by atoms with van der Waals surface area (Å²) < 4.78 is 32.3. The van der Waals surface area contributed by atoms with E-state index in [1.54, 1.807) is 24.3 Å². The number of halogens is 3. The molecule has 5 rings (SSSR count). The fourth-order valence-electron chi connectivity index (χ4n) is 4.90. The standard InChI is InChI=1S/C29H23ClF2N2O4/c30-20-8-13-25(35)24(15-20)29(37)38-16-26(36)34-28(18-6-11-22(32)12-7-18)23-3-1-2-19(27(23)33-34)14-17-4-9-21(31)10-5-17/h4-15,23,28,35H,1-3,16H2/b19-14-/t23-,28-/m0/s1. The highest BCUT2D eigenvalue weighted by atomic mass is 35.5. The van der Waals surface area contributed by atoms with E-state index in [1.807, 2.05) is 6.08 Å². The van der Waals surface area contributed by atoms with Crippen LogP contribution in [0.1, 0.15) is 46.8 Å². The molecule has 194 valence electrons. The first-order chi connectivity index (χ1) is 18.3. The lowest BCUT2D eigenvalue weighted by Crippen LogP contribution is -2.34.